The number of para-hydroxylation sites is 2. The van der Waals surface area contributed by atoms with Gasteiger partial charge < -0.3 is 4.42 Å². The van der Waals surface area contributed by atoms with Crippen molar-refractivity contribution in [3.63, 3.8) is 0 Å². The maximum Gasteiger partial charge on any atom is 0.149 e. The van der Waals surface area contributed by atoms with E-state index in [1.807, 2.05) is 17.6 Å². The molecule has 0 fully saturated rings. The third kappa shape index (κ3) is 4.61. The van der Waals surface area contributed by atoms with E-state index in [1.54, 1.807) is 0 Å². The van der Waals surface area contributed by atoms with Crippen LogP contribution in [-0.2, 0) is 0 Å². The van der Waals surface area contributed by atoms with Gasteiger partial charge in [0.2, 0.25) is 0 Å². The van der Waals surface area contributed by atoms with Crippen molar-refractivity contribution in [3.8, 4) is 50.5 Å². The van der Waals surface area contributed by atoms with Gasteiger partial charge in [-0.2, -0.15) is 0 Å². The van der Waals surface area contributed by atoms with E-state index in [4.69, 9.17) is 9.40 Å². The summed E-state index contributed by atoms with van der Waals surface area (Å²) < 4.78 is 11.3. The molecule has 50 heavy (non-hydrogen) atoms. The summed E-state index contributed by atoms with van der Waals surface area (Å²) in [5, 5.41) is 3.62. The zero-order valence-corrected chi connectivity index (χ0v) is 28.1. The highest BCUT2D eigenvalue weighted by atomic mass is 32.1. The molecule has 7 aromatic carbocycles. The standard InChI is InChI=1S/C46H30N2OS/c1-29-24-35(30-12-4-2-5-13-30)45(36(25-29)31-14-6-3-7-15-31)48-41-18-10-9-17-40(41)47-46(48)39-28-49-42-22-20-32(26-37(39)42)33-21-23-44-38(27-33)34-16-8-11-19-43(34)50-44/h2-28H,1H3. The van der Waals surface area contributed by atoms with Crippen molar-refractivity contribution in [2.24, 2.45) is 0 Å². The molecule has 3 heterocycles. The second kappa shape index (κ2) is 11.4. The Morgan fingerprint density at radius 3 is 1.90 bits per heavy atom. The smallest absolute Gasteiger partial charge is 0.149 e. The molecule has 0 aliphatic carbocycles. The van der Waals surface area contributed by atoms with Crippen LogP contribution >= 0.6 is 11.3 Å². The van der Waals surface area contributed by atoms with E-state index in [9.17, 15) is 0 Å². The number of thiophene rings is 1. The maximum absolute atomic E-state index is 6.29. The van der Waals surface area contributed by atoms with Gasteiger partial charge in [-0.3, -0.25) is 4.57 Å². The lowest BCUT2D eigenvalue weighted by atomic mass is 9.93. The number of aryl methyl sites for hydroxylation is 1. The molecule has 0 saturated heterocycles. The van der Waals surface area contributed by atoms with Crippen molar-refractivity contribution < 1.29 is 4.42 Å². The molecule has 0 N–H and O–H groups in total. The monoisotopic (exact) mass is 658 g/mol. The van der Waals surface area contributed by atoms with Crippen LogP contribution < -0.4 is 0 Å². The summed E-state index contributed by atoms with van der Waals surface area (Å²) in [6, 6.07) is 56.4. The minimum absolute atomic E-state index is 0.833. The first-order valence-corrected chi connectivity index (χ1v) is 17.7. The first-order chi connectivity index (χ1) is 24.7. The summed E-state index contributed by atoms with van der Waals surface area (Å²) >= 11 is 1.84. The number of aromatic nitrogens is 2. The molecule has 0 amide bonds. The van der Waals surface area contributed by atoms with Crippen LogP contribution in [0.25, 0.3) is 92.6 Å². The Morgan fingerprint density at radius 2 is 1.14 bits per heavy atom. The van der Waals surface area contributed by atoms with Crippen LogP contribution in [0.2, 0.25) is 0 Å². The predicted octanol–water partition coefficient (Wildman–Crippen LogP) is 13.1. The maximum atomic E-state index is 6.29. The molecule has 0 radical (unpaired) electrons. The van der Waals surface area contributed by atoms with E-state index < -0.39 is 0 Å². The van der Waals surface area contributed by atoms with Gasteiger partial charge >= 0.3 is 0 Å². The van der Waals surface area contributed by atoms with Crippen LogP contribution in [0.4, 0.5) is 0 Å². The van der Waals surface area contributed by atoms with Crippen molar-refractivity contribution in [2.75, 3.05) is 0 Å². The number of furan rings is 1. The molecule has 0 bridgehead atoms. The zero-order valence-electron chi connectivity index (χ0n) is 27.3. The van der Waals surface area contributed by atoms with Gasteiger partial charge in [0.25, 0.3) is 0 Å². The van der Waals surface area contributed by atoms with E-state index >= 15 is 0 Å². The van der Waals surface area contributed by atoms with Gasteiger partial charge in [-0.15, -0.1) is 11.3 Å². The molecule has 0 spiro atoms. The van der Waals surface area contributed by atoms with E-state index in [-0.39, 0.29) is 0 Å². The molecule has 236 valence electrons. The van der Waals surface area contributed by atoms with Gasteiger partial charge in [-0.05, 0) is 89.3 Å². The van der Waals surface area contributed by atoms with Crippen molar-refractivity contribution in [2.45, 2.75) is 6.92 Å². The quantitative estimate of drug-likeness (QED) is 0.184. The van der Waals surface area contributed by atoms with Crippen LogP contribution in [0.3, 0.4) is 0 Å². The summed E-state index contributed by atoms with van der Waals surface area (Å²) in [6.45, 7) is 2.18. The van der Waals surface area contributed by atoms with Crippen LogP contribution in [0.1, 0.15) is 5.56 Å². The average Bonchev–Trinajstić information content (AvgIpc) is 3.88. The Morgan fingerprint density at radius 1 is 0.520 bits per heavy atom. The average molecular weight is 659 g/mol. The molecule has 3 nitrogen and oxygen atoms in total. The molecular formula is C46H30N2OS. The number of hydrogen-bond acceptors (Lipinski definition) is 3. The van der Waals surface area contributed by atoms with Crippen LogP contribution in [0, 0.1) is 6.92 Å². The van der Waals surface area contributed by atoms with Crippen molar-refractivity contribution >= 4 is 53.5 Å². The molecule has 3 aromatic heterocycles. The summed E-state index contributed by atoms with van der Waals surface area (Å²) in [5.41, 5.74) is 13.0. The molecule has 0 unspecified atom stereocenters. The largest absolute Gasteiger partial charge is 0.464 e. The second-order valence-electron chi connectivity index (χ2n) is 12.9. The number of hydrogen-bond donors (Lipinski definition) is 0. The number of rotatable bonds is 5. The van der Waals surface area contributed by atoms with Crippen LogP contribution in [0.15, 0.2) is 168 Å². The fraction of sp³-hybridized carbons (Fsp3) is 0.0217. The van der Waals surface area contributed by atoms with Gasteiger partial charge in [0.1, 0.15) is 17.7 Å². The van der Waals surface area contributed by atoms with Crippen molar-refractivity contribution in [1.29, 1.82) is 0 Å². The van der Waals surface area contributed by atoms with Gasteiger partial charge in [0, 0.05) is 36.7 Å². The number of imidazole rings is 1. The van der Waals surface area contributed by atoms with Gasteiger partial charge in [-0.1, -0.05) is 103 Å². The van der Waals surface area contributed by atoms with Gasteiger partial charge in [0.05, 0.1) is 22.3 Å². The number of benzene rings is 7. The highest BCUT2D eigenvalue weighted by Gasteiger charge is 2.24. The molecule has 0 aliphatic heterocycles. The topological polar surface area (TPSA) is 31.0 Å². The normalized spacial score (nSPS) is 11.7. The molecule has 0 saturated carbocycles. The van der Waals surface area contributed by atoms with Gasteiger partial charge in [0.15, 0.2) is 0 Å². The highest BCUT2D eigenvalue weighted by molar-refractivity contribution is 7.25. The van der Waals surface area contributed by atoms with E-state index in [1.165, 1.54) is 31.3 Å². The molecule has 0 atom stereocenters. The van der Waals surface area contributed by atoms with Gasteiger partial charge in [-0.25, -0.2) is 4.98 Å². The molecule has 4 heteroatoms. The molecular weight excluding hydrogens is 629 g/mol. The third-order valence-electron chi connectivity index (χ3n) is 9.73. The minimum Gasteiger partial charge on any atom is -0.464 e. The van der Waals surface area contributed by atoms with Crippen LogP contribution in [0.5, 0.6) is 0 Å². The molecule has 10 aromatic rings. The van der Waals surface area contributed by atoms with E-state index in [0.717, 1.165) is 66.9 Å². The predicted molar refractivity (Wildman–Crippen MR) is 210 cm³/mol. The fourth-order valence-corrected chi connectivity index (χ4v) is 8.50. The number of fused-ring (bicyclic) bond motifs is 5. The Labute approximate surface area is 293 Å². The Balaban J connectivity index is 1.24. The lowest BCUT2D eigenvalue weighted by Crippen LogP contribution is -2.03. The van der Waals surface area contributed by atoms with E-state index in [0.29, 0.717) is 0 Å². The minimum atomic E-state index is 0.833. The Bertz CT molecular complexity index is 2820. The summed E-state index contributed by atoms with van der Waals surface area (Å²) in [5.74, 6) is 0.847. The zero-order chi connectivity index (χ0) is 33.2. The summed E-state index contributed by atoms with van der Waals surface area (Å²) in [6.07, 6.45) is 1.88. The van der Waals surface area contributed by atoms with Crippen LogP contribution in [-0.4, -0.2) is 9.55 Å². The highest BCUT2D eigenvalue weighted by Crippen LogP contribution is 2.43. The Hall–Kier alpha value is -6.23. The fourth-order valence-electron chi connectivity index (χ4n) is 7.42. The lowest BCUT2D eigenvalue weighted by molar-refractivity contribution is 0.616. The van der Waals surface area contributed by atoms with Crippen molar-refractivity contribution in [3.05, 3.63) is 170 Å². The molecule has 10 rings (SSSR count). The third-order valence-corrected chi connectivity index (χ3v) is 10.9. The Kier molecular flexibility index (Phi) is 6.58. The molecule has 0 aliphatic rings. The first-order valence-electron chi connectivity index (χ1n) is 16.9. The SMILES string of the molecule is Cc1cc(-c2ccccc2)c(-n2c(-c3coc4ccc(-c5ccc6sc7ccccc7c6c5)cc34)nc3ccccc32)c(-c2ccccc2)c1. The number of nitrogens with zero attached hydrogens (tertiary/aromatic N) is 2. The van der Waals surface area contributed by atoms with Crippen molar-refractivity contribution in [1.82, 2.24) is 9.55 Å². The van der Waals surface area contributed by atoms with E-state index in [2.05, 4.69) is 169 Å². The lowest BCUT2D eigenvalue weighted by Gasteiger charge is -2.20. The summed E-state index contributed by atoms with van der Waals surface area (Å²) in [4.78, 5) is 5.35. The second-order valence-corrected chi connectivity index (χ2v) is 14.0. The summed E-state index contributed by atoms with van der Waals surface area (Å²) in [7, 11) is 0. The first kappa shape index (κ1) is 28.8.